The molecule has 3 atom stereocenters. The monoisotopic (exact) mass is 361 g/mol. The summed E-state index contributed by atoms with van der Waals surface area (Å²) in [5.74, 6) is -2.83. The van der Waals surface area contributed by atoms with Crippen LogP contribution in [0.3, 0.4) is 0 Å². The molecule has 1 fully saturated rings. The molecular formula is C15H12ClN5O4. The van der Waals surface area contributed by atoms with Crippen LogP contribution in [-0.2, 0) is 9.47 Å². The zero-order valence-electron chi connectivity index (χ0n) is 13.2. The van der Waals surface area contributed by atoms with Gasteiger partial charge in [-0.05, 0) is 11.6 Å². The Balaban J connectivity index is 2.29. The fraction of sp³-hybridized carbons (Fsp3) is 0.400. The third-order valence-corrected chi connectivity index (χ3v) is 5.33. The number of nitro groups is 1. The maximum atomic E-state index is 11.1. The van der Waals surface area contributed by atoms with E-state index in [0.717, 1.165) is 0 Å². The molecule has 0 amide bonds. The van der Waals surface area contributed by atoms with Crippen molar-refractivity contribution < 1.29 is 14.4 Å². The van der Waals surface area contributed by atoms with Crippen molar-refractivity contribution in [2.24, 2.45) is 21.6 Å². The number of amidine groups is 1. The van der Waals surface area contributed by atoms with Gasteiger partial charge in [0, 0.05) is 37.3 Å². The van der Waals surface area contributed by atoms with Crippen LogP contribution in [0, 0.1) is 43.6 Å². The zero-order valence-corrected chi connectivity index (χ0v) is 13.9. The third kappa shape index (κ3) is 1.65. The largest absolute Gasteiger partial charge is 0.386 e. The van der Waals surface area contributed by atoms with Crippen molar-refractivity contribution in [1.29, 1.82) is 10.5 Å². The van der Waals surface area contributed by atoms with Crippen LogP contribution in [0.4, 0.5) is 5.69 Å². The van der Waals surface area contributed by atoms with Crippen molar-refractivity contribution in [2.45, 2.75) is 11.8 Å². The number of nitrogens with two attached hydrogens (primary N) is 1. The van der Waals surface area contributed by atoms with Crippen LogP contribution >= 0.6 is 11.6 Å². The fourth-order valence-corrected chi connectivity index (χ4v) is 4.08. The molecule has 0 radical (unpaired) electrons. The first-order valence-electron chi connectivity index (χ1n) is 7.04. The van der Waals surface area contributed by atoms with Gasteiger partial charge in [-0.25, -0.2) is 4.99 Å². The highest BCUT2D eigenvalue weighted by atomic mass is 35.5. The predicted molar refractivity (Wildman–Crippen MR) is 85.3 cm³/mol. The van der Waals surface area contributed by atoms with Gasteiger partial charge in [0.05, 0.1) is 17.1 Å². The van der Waals surface area contributed by atoms with Crippen molar-refractivity contribution in [3.8, 4) is 12.1 Å². The molecule has 0 saturated heterocycles. The van der Waals surface area contributed by atoms with Crippen molar-refractivity contribution in [3.63, 3.8) is 0 Å². The number of aliphatic imine (C=N–C) groups is 1. The number of fused-ring (bicyclic) bond motifs is 1. The number of rotatable bonds is 4. The molecule has 1 aromatic carbocycles. The molecule has 2 N–H and O–H groups in total. The Kier molecular flexibility index (Phi) is 3.52. The molecule has 3 rings (SSSR count). The van der Waals surface area contributed by atoms with E-state index < -0.39 is 27.6 Å². The van der Waals surface area contributed by atoms with Gasteiger partial charge in [-0.15, -0.1) is 0 Å². The summed E-state index contributed by atoms with van der Waals surface area (Å²) in [6.07, 6.45) is 0. The highest BCUT2D eigenvalue weighted by molar-refractivity contribution is 6.31. The average molecular weight is 362 g/mol. The van der Waals surface area contributed by atoms with Crippen LogP contribution in [0.15, 0.2) is 23.2 Å². The molecule has 25 heavy (non-hydrogen) atoms. The van der Waals surface area contributed by atoms with Crippen LogP contribution in [0.2, 0.25) is 5.02 Å². The van der Waals surface area contributed by atoms with Gasteiger partial charge in [0.2, 0.25) is 0 Å². The molecule has 1 aliphatic carbocycles. The van der Waals surface area contributed by atoms with Gasteiger partial charge in [0.1, 0.15) is 11.3 Å². The van der Waals surface area contributed by atoms with E-state index in [1.807, 2.05) is 6.07 Å². The van der Waals surface area contributed by atoms with Gasteiger partial charge < -0.3 is 15.2 Å². The lowest BCUT2D eigenvalue weighted by atomic mass is 9.93. The molecule has 0 spiro atoms. The van der Waals surface area contributed by atoms with E-state index in [1.54, 1.807) is 0 Å². The maximum absolute atomic E-state index is 11.1. The van der Waals surface area contributed by atoms with Crippen molar-refractivity contribution in [2.75, 3.05) is 14.2 Å². The summed E-state index contributed by atoms with van der Waals surface area (Å²) in [7, 11) is 2.55. The minimum Gasteiger partial charge on any atom is -0.386 e. The number of halogens is 1. The highest BCUT2D eigenvalue weighted by Gasteiger charge is 2.93. The molecule has 1 heterocycles. The summed E-state index contributed by atoms with van der Waals surface area (Å²) >= 11 is 6.21. The first-order valence-corrected chi connectivity index (χ1v) is 7.42. The fourth-order valence-electron chi connectivity index (χ4n) is 3.85. The summed E-state index contributed by atoms with van der Waals surface area (Å²) in [4.78, 5) is 14.6. The van der Waals surface area contributed by atoms with Crippen LogP contribution in [-0.4, -0.2) is 30.9 Å². The Morgan fingerprint density at radius 1 is 1.36 bits per heavy atom. The number of nitriles is 2. The first kappa shape index (κ1) is 17.1. The van der Waals surface area contributed by atoms with Gasteiger partial charge >= 0.3 is 0 Å². The zero-order chi connectivity index (χ0) is 18.6. The Morgan fingerprint density at radius 3 is 2.48 bits per heavy atom. The Morgan fingerprint density at radius 2 is 2.00 bits per heavy atom. The van der Waals surface area contributed by atoms with E-state index in [2.05, 4.69) is 11.1 Å². The van der Waals surface area contributed by atoms with Gasteiger partial charge in [-0.3, -0.25) is 10.1 Å². The lowest BCUT2D eigenvalue weighted by Crippen LogP contribution is -2.41. The average Bonchev–Trinajstić information content (AvgIpc) is 3.17. The smallest absolute Gasteiger partial charge is 0.292 e. The van der Waals surface area contributed by atoms with E-state index in [4.69, 9.17) is 26.8 Å². The van der Waals surface area contributed by atoms with Gasteiger partial charge in [0.15, 0.2) is 5.41 Å². The second-order valence-corrected chi connectivity index (χ2v) is 6.13. The number of benzene rings is 1. The first-order chi connectivity index (χ1) is 11.8. The normalized spacial score (nSPS) is 31.4. The molecule has 1 aromatic rings. The Bertz CT molecular complexity index is 900. The molecule has 0 aromatic heterocycles. The maximum Gasteiger partial charge on any atom is 0.292 e. The number of methoxy groups -OCH3 is 2. The minimum atomic E-state index is -1.81. The highest BCUT2D eigenvalue weighted by Crippen LogP contribution is 2.82. The van der Waals surface area contributed by atoms with E-state index in [9.17, 15) is 20.6 Å². The van der Waals surface area contributed by atoms with E-state index in [-0.39, 0.29) is 22.1 Å². The predicted octanol–water partition coefficient (Wildman–Crippen LogP) is 1.68. The molecule has 9 nitrogen and oxygen atoms in total. The number of hydrogen-bond donors (Lipinski definition) is 1. The van der Waals surface area contributed by atoms with Gasteiger partial charge in [-0.2, -0.15) is 10.5 Å². The Hall–Kier alpha value is -2.72. The lowest BCUT2D eigenvalue weighted by Gasteiger charge is -2.29. The van der Waals surface area contributed by atoms with Crippen LogP contribution in [0.1, 0.15) is 11.5 Å². The van der Waals surface area contributed by atoms with Gasteiger partial charge in [0.25, 0.3) is 11.6 Å². The Labute approximate surface area is 147 Å². The SMILES string of the molecule is COC1(OC)N=C(N)[C@]2(C#N)[C@H](c3cc([N+](=O)[O-])ccc3Cl)[C@]12C#N. The van der Waals surface area contributed by atoms with E-state index >= 15 is 0 Å². The molecule has 1 aliphatic heterocycles. The van der Waals surface area contributed by atoms with Crippen LogP contribution in [0.5, 0.6) is 0 Å². The molecule has 128 valence electrons. The number of hydrogen-bond acceptors (Lipinski definition) is 8. The quantitative estimate of drug-likeness (QED) is 0.487. The molecule has 2 aliphatic rings. The second-order valence-electron chi connectivity index (χ2n) is 5.72. The molecule has 10 heteroatoms. The van der Waals surface area contributed by atoms with Gasteiger partial charge in [-0.1, -0.05) is 11.6 Å². The lowest BCUT2D eigenvalue weighted by molar-refractivity contribution is -0.384. The molecule has 0 unspecified atom stereocenters. The minimum absolute atomic E-state index is 0.132. The molecular weight excluding hydrogens is 350 g/mol. The molecule has 0 bridgehead atoms. The topological polar surface area (TPSA) is 148 Å². The summed E-state index contributed by atoms with van der Waals surface area (Å²) in [5.41, 5.74) is 2.83. The van der Waals surface area contributed by atoms with E-state index in [0.29, 0.717) is 0 Å². The van der Waals surface area contributed by atoms with Crippen LogP contribution in [0.25, 0.3) is 0 Å². The summed E-state index contributed by atoms with van der Waals surface area (Å²) < 4.78 is 10.6. The number of non-ortho nitro benzene ring substituents is 1. The molecule has 1 saturated carbocycles. The van der Waals surface area contributed by atoms with Crippen LogP contribution < -0.4 is 5.73 Å². The number of ether oxygens (including phenoxy) is 2. The van der Waals surface area contributed by atoms with Crippen molar-refractivity contribution in [3.05, 3.63) is 38.9 Å². The number of nitrogens with zero attached hydrogens (tertiary/aromatic N) is 4. The van der Waals surface area contributed by atoms with E-state index in [1.165, 1.54) is 32.4 Å². The van der Waals surface area contributed by atoms with Crippen molar-refractivity contribution >= 4 is 23.1 Å². The second kappa shape index (κ2) is 5.14. The summed E-state index contributed by atoms with van der Waals surface area (Å²) in [6, 6.07) is 7.90. The standard InChI is InChI=1S/C15H12ClN5O4/c1-24-15(25-2)14(7-18)11(13(14,6-17)12(19)20-15)9-5-8(21(22)23)3-4-10(9)16/h3-5,11H,1-2H3,(H2,19,20)/t11-,13-,14-/m0/s1. The third-order valence-electron chi connectivity index (χ3n) is 4.98. The number of nitro benzene ring substituents is 1. The summed E-state index contributed by atoms with van der Waals surface area (Å²) in [5, 5.41) is 31.0. The summed E-state index contributed by atoms with van der Waals surface area (Å²) in [6.45, 7) is 0. The van der Waals surface area contributed by atoms with Crippen molar-refractivity contribution in [1.82, 2.24) is 0 Å².